The van der Waals surface area contributed by atoms with E-state index in [0.29, 0.717) is 24.6 Å². The fourth-order valence-electron chi connectivity index (χ4n) is 2.39. The molecule has 0 bridgehead atoms. The van der Waals surface area contributed by atoms with Crippen LogP contribution in [0.3, 0.4) is 0 Å². The number of nitrogens with zero attached hydrogens (tertiary/aromatic N) is 3. The van der Waals surface area contributed by atoms with Crippen LogP contribution < -0.4 is 10.1 Å². The fourth-order valence-corrected chi connectivity index (χ4v) is 3.13. The molecule has 0 aliphatic rings. The topological polar surface area (TPSA) is 69.0 Å². The van der Waals surface area contributed by atoms with Crippen LogP contribution >= 0.6 is 11.3 Å². The normalized spacial score (nSPS) is 10.6. The molecule has 1 aromatic carbocycles. The van der Waals surface area contributed by atoms with E-state index in [4.69, 9.17) is 4.74 Å². The van der Waals surface area contributed by atoms with Gasteiger partial charge in [-0.05, 0) is 43.2 Å². The second-order valence-corrected chi connectivity index (χ2v) is 6.42. The Labute approximate surface area is 150 Å². The summed E-state index contributed by atoms with van der Waals surface area (Å²) in [6.45, 7) is 2.60. The van der Waals surface area contributed by atoms with E-state index in [1.807, 2.05) is 49.8 Å². The maximum Gasteiger partial charge on any atom is 0.226 e. The van der Waals surface area contributed by atoms with Crippen LogP contribution in [-0.4, -0.2) is 27.3 Å². The Hall–Kier alpha value is -2.67. The standard InChI is InChI=1S/C18H20N4O2S/c1-3-24-15-7-5-14(6-8-15)16-12-25-18(20-16)21-17(23)9-4-13-10-19-22(2)11-13/h5-8,10-12H,3-4,9H2,1-2H3,(H,20,21,23). The van der Waals surface area contributed by atoms with Crippen molar-refractivity contribution in [2.45, 2.75) is 19.8 Å². The van der Waals surface area contributed by atoms with E-state index < -0.39 is 0 Å². The first-order valence-corrected chi connectivity index (χ1v) is 8.98. The first-order valence-electron chi connectivity index (χ1n) is 8.10. The number of hydrogen-bond acceptors (Lipinski definition) is 5. The molecule has 7 heteroatoms. The van der Waals surface area contributed by atoms with Crippen molar-refractivity contribution in [1.82, 2.24) is 14.8 Å². The van der Waals surface area contributed by atoms with Crippen molar-refractivity contribution in [2.24, 2.45) is 7.05 Å². The van der Waals surface area contributed by atoms with Gasteiger partial charge in [-0.1, -0.05) is 0 Å². The SMILES string of the molecule is CCOc1ccc(-c2csc(NC(=O)CCc3cnn(C)c3)n2)cc1. The molecule has 1 N–H and O–H groups in total. The number of nitrogens with one attached hydrogen (secondary N) is 1. The maximum absolute atomic E-state index is 12.1. The molecule has 2 aromatic heterocycles. The third-order valence-corrected chi connectivity index (χ3v) is 4.37. The van der Waals surface area contributed by atoms with Gasteiger partial charge in [-0.25, -0.2) is 4.98 Å². The lowest BCUT2D eigenvalue weighted by Crippen LogP contribution is -2.12. The van der Waals surface area contributed by atoms with Crippen molar-refractivity contribution in [1.29, 1.82) is 0 Å². The Morgan fingerprint density at radius 1 is 1.32 bits per heavy atom. The molecule has 0 spiro atoms. The number of thiazole rings is 1. The van der Waals surface area contributed by atoms with Gasteiger partial charge in [0.05, 0.1) is 18.5 Å². The van der Waals surface area contributed by atoms with E-state index in [-0.39, 0.29) is 5.91 Å². The van der Waals surface area contributed by atoms with E-state index in [1.54, 1.807) is 10.9 Å². The van der Waals surface area contributed by atoms with Crippen LogP contribution in [-0.2, 0) is 18.3 Å². The van der Waals surface area contributed by atoms with Crippen LogP contribution in [0.15, 0.2) is 42.0 Å². The van der Waals surface area contributed by atoms with E-state index >= 15 is 0 Å². The number of anilines is 1. The summed E-state index contributed by atoms with van der Waals surface area (Å²) in [5, 5.41) is 9.50. The number of amides is 1. The molecule has 1 amide bonds. The number of hydrogen-bond donors (Lipinski definition) is 1. The monoisotopic (exact) mass is 356 g/mol. The van der Waals surface area contributed by atoms with Gasteiger partial charge in [-0.3, -0.25) is 9.48 Å². The van der Waals surface area contributed by atoms with E-state index in [0.717, 1.165) is 22.6 Å². The zero-order valence-electron chi connectivity index (χ0n) is 14.2. The number of aromatic nitrogens is 3. The fraction of sp³-hybridized carbons (Fsp3) is 0.278. The first kappa shape index (κ1) is 17.2. The summed E-state index contributed by atoms with van der Waals surface area (Å²) in [4.78, 5) is 16.6. The molecule has 3 aromatic rings. The molecular formula is C18H20N4O2S. The Bertz CT molecular complexity index is 839. The van der Waals surface area contributed by atoms with Gasteiger partial charge < -0.3 is 10.1 Å². The number of rotatable bonds is 7. The lowest BCUT2D eigenvalue weighted by atomic mass is 10.2. The molecule has 0 saturated carbocycles. The summed E-state index contributed by atoms with van der Waals surface area (Å²) >= 11 is 1.42. The zero-order chi connectivity index (χ0) is 17.6. The second-order valence-electron chi connectivity index (χ2n) is 5.57. The highest BCUT2D eigenvalue weighted by atomic mass is 32.1. The van der Waals surface area contributed by atoms with E-state index in [1.165, 1.54) is 11.3 Å². The molecule has 0 atom stereocenters. The van der Waals surface area contributed by atoms with Crippen LogP contribution in [0.2, 0.25) is 0 Å². The van der Waals surface area contributed by atoms with Crippen LogP contribution in [0.5, 0.6) is 5.75 Å². The molecule has 0 unspecified atom stereocenters. The molecule has 2 heterocycles. The average molecular weight is 356 g/mol. The van der Waals surface area contributed by atoms with Gasteiger partial charge in [0, 0.05) is 30.6 Å². The first-order chi connectivity index (χ1) is 12.1. The summed E-state index contributed by atoms with van der Waals surface area (Å²) in [5.41, 5.74) is 2.89. The predicted molar refractivity (Wildman–Crippen MR) is 98.9 cm³/mol. The highest BCUT2D eigenvalue weighted by molar-refractivity contribution is 7.14. The molecular weight excluding hydrogens is 336 g/mol. The summed E-state index contributed by atoms with van der Waals surface area (Å²) in [6, 6.07) is 7.77. The summed E-state index contributed by atoms with van der Waals surface area (Å²) < 4.78 is 7.17. The van der Waals surface area contributed by atoms with Gasteiger partial charge >= 0.3 is 0 Å². The Kier molecular flexibility index (Phi) is 5.45. The molecule has 0 fully saturated rings. The van der Waals surface area contributed by atoms with Crippen molar-refractivity contribution in [2.75, 3.05) is 11.9 Å². The van der Waals surface area contributed by atoms with Gasteiger partial charge in [0.15, 0.2) is 5.13 Å². The van der Waals surface area contributed by atoms with Crippen molar-refractivity contribution < 1.29 is 9.53 Å². The number of benzene rings is 1. The van der Waals surface area contributed by atoms with E-state index in [2.05, 4.69) is 15.4 Å². The predicted octanol–water partition coefficient (Wildman–Crippen LogP) is 3.51. The Morgan fingerprint density at radius 2 is 2.12 bits per heavy atom. The van der Waals surface area contributed by atoms with Gasteiger partial charge in [-0.2, -0.15) is 5.10 Å². The van der Waals surface area contributed by atoms with Crippen LogP contribution in [0.25, 0.3) is 11.3 Å². The van der Waals surface area contributed by atoms with Crippen LogP contribution in [0, 0.1) is 0 Å². The lowest BCUT2D eigenvalue weighted by molar-refractivity contribution is -0.116. The molecule has 130 valence electrons. The second kappa shape index (κ2) is 7.94. The zero-order valence-corrected chi connectivity index (χ0v) is 15.0. The minimum absolute atomic E-state index is 0.0450. The number of carbonyl (C=O) groups is 1. The largest absolute Gasteiger partial charge is 0.494 e. The third kappa shape index (κ3) is 4.67. The third-order valence-electron chi connectivity index (χ3n) is 3.61. The van der Waals surface area contributed by atoms with Crippen LogP contribution in [0.1, 0.15) is 18.9 Å². The van der Waals surface area contributed by atoms with Gasteiger partial charge in [0.25, 0.3) is 0 Å². The maximum atomic E-state index is 12.1. The van der Waals surface area contributed by atoms with Gasteiger partial charge in [0.2, 0.25) is 5.91 Å². The minimum atomic E-state index is -0.0450. The minimum Gasteiger partial charge on any atom is -0.494 e. The smallest absolute Gasteiger partial charge is 0.226 e. The molecule has 0 aliphatic carbocycles. The number of aryl methyl sites for hydroxylation is 2. The molecule has 0 radical (unpaired) electrons. The number of ether oxygens (including phenoxy) is 1. The lowest BCUT2D eigenvalue weighted by Gasteiger charge is -2.03. The Morgan fingerprint density at radius 3 is 2.80 bits per heavy atom. The highest BCUT2D eigenvalue weighted by Crippen LogP contribution is 2.26. The molecule has 25 heavy (non-hydrogen) atoms. The van der Waals surface area contributed by atoms with Crippen molar-refractivity contribution in [3.05, 3.63) is 47.6 Å². The van der Waals surface area contributed by atoms with Gasteiger partial charge in [0.1, 0.15) is 5.75 Å². The molecule has 0 saturated heterocycles. The van der Waals surface area contributed by atoms with E-state index in [9.17, 15) is 4.79 Å². The highest BCUT2D eigenvalue weighted by Gasteiger charge is 2.09. The van der Waals surface area contributed by atoms with Gasteiger partial charge in [-0.15, -0.1) is 11.3 Å². The Balaban J connectivity index is 1.56. The number of carbonyl (C=O) groups excluding carboxylic acids is 1. The van der Waals surface area contributed by atoms with Crippen molar-refractivity contribution >= 4 is 22.4 Å². The summed E-state index contributed by atoms with van der Waals surface area (Å²) in [7, 11) is 1.86. The van der Waals surface area contributed by atoms with Crippen molar-refractivity contribution in [3.63, 3.8) is 0 Å². The van der Waals surface area contributed by atoms with Crippen LogP contribution in [0.4, 0.5) is 5.13 Å². The summed E-state index contributed by atoms with van der Waals surface area (Å²) in [6.07, 6.45) is 4.77. The average Bonchev–Trinajstić information content (AvgIpc) is 3.23. The quantitative estimate of drug-likeness (QED) is 0.703. The molecule has 0 aliphatic heterocycles. The van der Waals surface area contributed by atoms with Crippen molar-refractivity contribution in [3.8, 4) is 17.0 Å². The summed E-state index contributed by atoms with van der Waals surface area (Å²) in [5.74, 6) is 0.793. The molecule has 3 rings (SSSR count). The molecule has 6 nitrogen and oxygen atoms in total.